The fourth-order valence-corrected chi connectivity index (χ4v) is 4.62. The first kappa shape index (κ1) is 30.7. The summed E-state index contributed by atoms with van der Waals surface area (Å²) in [5, 5.41) is 0. The van der Waals surface area contributed by atoms with E-state index >= 15 is 0 Å². The zero-order chi connectivity index (χ0) is 22.5. The minimum Gasteiger partial charge on any atom is -0.0885 e. The van der Waals surface area contributed by atoms with Gasteiger partial charge in [-0.2, -0.15) is 0 Å². The van der Waals surface area contributed by atoms with E-state index in [1.807, 2.05) is 0 Å². The van der Waals surface area contributed by atoms with Gasteiger partial charge in [0, 0.05) is 0 Å². The number of rotatable bonds is 27. The first-order chi connectivity index (χ1) is 15.4. The molecular formula is C31H62. The number of unbranched alkanes of at least 4 members (excludes halogenated alkanes) is 25. The summed E-state index contributed by atoms with van der Waals surface area (Å²) in [6.45, 7) is 4.60. The molecule has 0 nitrogen and oxygen atoms in total. The summed E-state index contributed by atoms with van der Waals surface area (Å²) in [5.41, 5.74) is 0. The monoisotopic (exact) mass is 434 g/mol. The molecule has 0 heterocycles. The molecule has 0 saturated carbocycles. The van der Waals surface area contributed by atoms with Crippen LogP contribution in [0, 0.1) is 0 Å². The Morgan fingerprint density at radius 2 is 0.452 bits per heavy atom. The third-order valence-electron chi connectivity index (χ3n) is 6.87. The first-order valence-corrected chi connectivity index (χ1v) is 15.1. The average Bonchev–Trinajstić information content (AvgIpc) is 2.78. The zero-order valence-corrected chi connectivity index (χ0v) is 22.2. The van der Waals surface area contributed by atoms with Gasteiger partial charge in [-0.05, 0) is 25.7 Å². The highest BCUT2D eigenvalue weighted by molar-refractivity contribution is 4.81. The van der Waals surface area contributed by atoms with Gasteiger partial charge < -0.3 is 0 Å². The molecule has 0 rings (SSSR count). The molecule has 186 valence electrons. The first-order valence-electron chi connectivity index (χ1n) is 15.1. The van der Waals surface area contributed by atoms with Gasteiger partial charge in [0.15, 0.2) is 0 Å². The minimum atomic E-state index is 1.31. The molecule has 31 heavy (non-hydrogen) atoms. The van der Waals surface area contributed by atoms with Gasteiger partial charge in [0.25, 0.3) is 0 Å². The smallest absolute Gasteiger partial charge is 0.0351 e. The summed E-state index contributed by atoms with van der Waals surface area (Å²) in [4.78, 5) is 0. The van der Waals surface area contributed by atoms with Gasteiger partial charge in [0.1, 0.15) is 0 Å². The van der Waals surface area contributed by atoms with Crippen LogP contribution in [0.4, 0.5) is 0 Å². The SMILES string of the molecule is CCCCCCCCCCCC/C=C\CCCCCCCCCCCCCCCCC. The second-order valence-corrected chi connectivity index (χ2v) is 10.2. The Balaban J connectivity index is 3.06. The summed E-state index contributed by atoms with van der Waals surface area (Å²) in [6, 6.07) is 0. The van der Waals surface area contributed by atoms with Crippen LogP contribution in [0.3, 0.4) is 0 Å². The Bertz CT molecular complexity index is 316. The maximum absolute atomic E-state index is 2.45. The second-order valence-electron chi connectivity index (χ2n) is 10.2. The quantitative estimate of drug-likeness (QED) is 0.0890. The maximum atomic E-state index is 2.45. The van der Waals surface area contributed by atoms with Crippen molar-refractivity contribution in [2.75, 3.05) is 0 Å². The third kappa shape index (κ3) is 29.7. The van der Waals surface area contributed by atoms with Crippen LogP contribution in [-0.2, 0) is 0 Å². The Labute approximate surface area is 199 Å². The summed E-state index contributed by atoms with van der Waals surface area (Å²) in [5.74, 6) is 0. The lowest BCUT2D eigenvalue weighted by Gasteiger charge is -2.03. The van der Waals surface area contributed by atoms with Crippen molar-refractivity contribution in [1.82, 2.24) is 0 Å². The van der Waals surface area contributed by atoms with Gasteiger partial charge in [0.05, 0.1) is 0 Å². The summed E-state index contributed by atoms with van der Waals surface area (Å²) < 4.78 is 0. The predicted molar refractivity (Wildman–Crippen MR) is 145 cm³/mol. The molecule has 0 radical (unpaired) electrons. The van der Waals surface area contributed by atoms with Crippen molar-refractivity contribution in [3.63, 3.8) is 0 Å². The number of hydrogen-bond acceptors (Lipinski definition) is 0. The van der Waals surface area contributed by atoms with E-state index in [0.29, 0.717) is 0 Å². The Kier molecular flexibility index (Phi) is 29.5. The van der Waals surface area contributed by atoms with Crippen molar-refractivity contribution in [2.24, 2.45) is 0 Å². The highest BCUT2D eigenvalue weighted by Crippen LogP contribution is 2.14. The van der Waals surface area contributed by atoms with Crippen LogP contribution in [0.1, 0.15) is 187 Å². The van der Waals surface area contributed by atoms with Crippen molar-refractivity contribution < 1.29 is 0 Å². The van der Waals surface area contributed by atoms with Crippen LogP contribution < -0.4 is 0 Å². The molecule has 0 unspecified atom stereocenters. The molecule has 0 amide bonds. The molecule has 0 aromatic rings. The van der Waals surface area contributed by atoms with Gasteiger partial charge in [-0.1, -0.05) is 174 Å². The molecule has 0 spiro atoms. The lowest BCUT2D eigenvalue weighted by atomic mass is 10.0. The third-order valence-corrected chi connectivity index (χ3v) is 6.87. The highest BCUT2D eigenvalue weighted by Gasteiger charge is 1.94. The Morgan fingerprint density at radius 1 is 0.258 bits per heavy atom. The molecule has 0 aliphatic rings. The van der Waals surface area contributed by atoms with E-state index in [4.69, 9.17) is 0 Å². The van der Waals surface area contributed by atoms with Crippen molar-refractivity contribution >= 4 is 0 Å². The van der Waals surface area contributed by atoms with Gasteiger partial charge in [0.2, 0.25) is 0 Å². The van der Waals surface area contributed by atoms with Gasteiger partial charge in [-0.3, -0.25) is 0 Å². The largest absolute Gasteiger partial charge is 0.0885 e. The van der Waals surface area contributed by atoms with Crippen LogP contribution in [0.5, 0.6) is 0 Å². The molecule has 0 heteroatoms. The number of allylic oxidation sites excluding steroid dienone is 2. The number of hydrogen-bond donors (Lipinski definition) is 0. The molecule has 0 aromatic heterocycles. The van der Waals surface area contributed by atoms with Crippen molar-refractivity contribution in [1.29, 1.82) is 0 Å². The molecule has 0 N–H and O–H groups in total. The van der Waals surface area contributed by atoms with Crippen LogP contribution >= 0.6 is 0 Å². The maximum Gasteiger partial charge on any atom is -0.0351 e. The summed E-state index contributed by atoms with van der Waals surface area (Å²) in [6.07, 6.45) is 43.9. The molecule has 0 fully saturated rings. The summed E-state index contributed by atoms with van der Waals surface area (Å²) in [7, 11) is 0. The molecule has 0 aliphatic heterocycles. The van der Waals surface area contributed by atoms with Gasteiger partial charge in [-0.25, -0.2) is 0 Å². The van der Waals surface area contributed by atoms with Crippen LogP contribution in [-0.4, -0.2) is 0 Å². The van der Waals surface area contributed by atoms with E-state index in [1.165, 1.54) is 173 Å². The molecule has 0 aliphatic carbocycles. The second kappa shape index (κ2) is 29.7. The van der Waals surface area contributed by atoms with E-state index in [2.05, 4.69) is 26.0 Å². The zero-order valence-electron chi connectivity index (χ0n) is 22.2. The Hall–Kier alpha value is -0.260. The van der Waals surface area contributed by atoms with Crippen LogP contribution in [0.25, 0.3) is 0 Å². The molecular weight excluding hydrogens is 372 g/mol. The Morgan fingerprint density at radius 3 is 0.677 bits per heavy atom. The lowest BCUT2D eigenvalue weighted by molar-refractivity contribution is 0.533. The van der Waals surface area contributed by atoms with Crippen molar-refractivity contribution in [2.45, 2.75) is 187 Å². The van der Waals surface area contributed by atoms with Gasteiger partial charge >= 0.3 is 0 Å². The topological polar surface area (TPSA) is 0 Å². The molecule has 0 atom stereocenters. The molecule has 0 aromatic carbocycles. The normalized spacial score (nSPS) is 11.7. The fourth-order valence-electron chi connectivity index (χ4n) is 4.62. The highest BCUT2D eigenvalue weighted by atomic mass is 14.0. The lowest BCUT2D eigenvalue weighted by Crippen LogP contribution is -1.83. The minimum absolute atomic E-state index is 1.31. The van der Waals surface area contributed by atoms with E-state index < -0.39 is 0 Å². The van der Waals surface area contributed by atoms with E-state index in [0.717, 1.165) is 0 Å². The van der Waals surface area contributed by atoms with E-state index in [1.54, 1.807) is 0 Å². The van der Waals surface area contributed by atoms with Crippen molar-refractivity contribution in [3.8, 4) is 0 Å². The predicted octanol–water partition coefficient (Wildman–Crippen LogP) is 12.1. The molecule has 0 saturated heterocycles. The van der Waals surface area contributed by atoms with Crippen molar-refractivity contribution in [3.05, 3.63) is 12.2 Å². The van der Waals surface area contributed by atoms with E-state index in [-0.39, 0.29) is 0 Å². The summed E-state index contributed by atoms with van der Waals surface area (Å²) >= 11 is 0. The molecule has 0 bridgehead atoms. The standard InChI is InChI=1S/C31H62/c1-3-5-7-9-11-13-15-17-19-21-23-25-27-29-31-30-28-26-24-22-20-18-16-14-12-10-8-6-4-2/h25,27H,3-24,26,28-31H2,1-2H3/b27-25-. The van der Waals surface area contributed by atoms with E-state index in [9.17, 15) is 0 Å². The van der Waals surface area contributed by atoms with Gasteiger partial charge in [-0.15, -0.1) is 0 Å². The van der Waals surface area contributed by atoms with Crippen LogP contribution in [0.2, 0.25) is 0 Å². The van der Waals surface area contributed by atoms with Crippen LogP contribution in [0.15, 0.2) is 12.2 Å². The fraction of sp³-hybridized carbons (Fsp3) is 0.935. The average molecular weight is 435 g/mol.